The van der Waals surface area contributed by atoms with Gasteiger partial charge in [0.05, 0.1) is 27.0 Å². The van der Waals surface area contributed by atoms with Crippen molar-refractivity contribution in [3.8, 4) is 11.3 Å². The number of aromatic nitrogens is 2. The van der Waals surface area contributed by atoms with Gasteiger partial charge in [-0.1, -0.05) is 41.4 Å². The van der Waals surface area contributed by atoms with Gasteiger partial charge in [0.1, 0.15) is 5.69 Å². The van der Waals surface area contributed by atoms with Gasteiger partial charge in [-0.3, -0.25) is 9.89 Å². The second-order valence-corrected chi connectivity index (χ2v) is 6.11. The van der Waals surface area contributed by atoms with Gasteiger partial charge in [-0.2, -0.15) is 18.3 Å². The fraction of sp³-hybridized carbons (Fsp3) is 0.0588. The number of para-hydroxylation sites is 1. The third kappa shape index (κ3) is 3.84. The van der Waals surface area contributed by atoms with Crippen molar-refractivity contribution in [3.63, 3.8) is 0 Å². The number of hydrogen-bond donors (Lipinski definition) is 2. The van der Waals surface area contributed by atoms with E-state index in [9.17, 15) is 18.0 Å². The molecule has 3 rings (SSSR count). The molecule has 0 aliphatic rings. The summed E-state index contributed by atoms with van der Waals surface area (Å²) in [5, 5.41) is 9.40. The lowest BCUT2D eigenvalue weighted by Crippen LogP contribution is -2.16. The monoisotopic (exact) mass is 399 g/mol. The number of carbonyl (C=O) groups is 1. The molecule has 2 N–H and O–H groups in total. The van der Waals surface area contributed by atoms with Crippen molar-refractivity contribution in [3.05, 3.63) is 69.8 Å². The van der Waals surface area contributed by atoms with E-state index in [1.807, 2.05) is 0 Å². The number of rotatable bonds is 3. The molecule has 0 unspecified atom stereocenters. The first kappa shape index (κ1) is 18.3. The van der Waals surface area contributed by atoms with Gasteiger partial charge in [-0.15, -0.1) is 0 Å². The Morgan fingerprint density at radius 2 is 1.77 bits per heavy atom. The lowest BCUT2D eigenvalue weighted by atomic mass is 10.1. The van der Waals surface area contributed by atoms with Crippen molar-refractivity contribution in [1.29, 1.82) is 0 Å². The number of amides is 1. The van der Waals surface area contributed by atoms with Crippen LogP contribution in [0.1, 0.15) is 16.1 Å². The summed E-state index contributed by atoms with van der Waals surface area (Å²) in [4.78, 5) is 12.3. The number of anilines is 1. The summed E-state index contributed by atoms with van der Waals surface area (Å²) in [5.41, 5.74) is -0.264. The Bertz CT molecular complexity index is 970. The lowest BCUT2D eigenvalue weighted by molar-refractivity contribution is -0.136. The number of benzene rings is 2. The van der Waals surface area contributed by atoms with E-state index in [0.29, 0.717) is 21.3 Å². The second-order valence-electron chi connectivity index (χ2n) is 5.29. The molecule has 1 amide bonds. The molecule has 3 aromatic rings. The molecule has 0 fully saturated rings. The normalized spacial score (nSPS) is 11.4. The Hall–Kier alpha value is -2.51. The Kier molecular flexibility index (Phi) is 4.93. The number of halogens is 5. The molecule has 4 nitrogen and oxygen atoms in total. The zero-order valence-corrected chi connectivity index (χ0v) is 14.4. The second kappa shape index (κ2) is 7.01. The average molecular weight is 400 g/mol. The molecular weight excluding hydrogens is 390 g/mol. The fourth-order valence-electron chi connectivity index (χ4n) is 2.27. The maximum absolute atomic E-state index is 13.0. The van der Waals surface area contributed by atoms with Crippen LogP contribution in [-0.4, -0.2) is 16.1 Å². The quantitative estimate of drug-likeness (QED) is 0.597. The topological polar surface area (TPSA) is 57.8 Å². The van der Waals surface area contributed by atoms with Crippen LogP contribution in [0, 0.1) is 0 Å². The van der Waals surface area contributed by atoms with Gasteiger partial charge < -0.3 is 5.32 Å². The van der Waals surface area contributed by atoms with E-state index in [1.165, 1.54) is 24.3 Å². The summed E-state index contributed by atoms with van der Waals surface area (Å²) in [6, 6.07) is 10.9. The van der Waals surface area contributed by atoms with E-state index < -0.39 is 17.6 Å². The molecule has 9 heteroatoms. The zero-order chi connectivity index (χ0) is 18.9. The lowest BCUT2D eigenvalue weighted by Gasteiger charge is -2.12. The first-order chi connectivity index (χ1) is 12.3. The third-order valence-electron chi connectivity index (χ3n) is 3.52. The molecule has 0 spiro atoms. The number of nitrogens with one attached hydrogen (secondary N) is 2. The number of aromatic amines is 1. The van der Waals surface area contributed by atoms with Crippen LogP contribution in [0.15, 0.2) is 48.5 Å². The number of H-pyrrole nitrogens is 1. The highest BCUT2D eigenvalue weighted by atomic mass is 35.5. The molecule has 0 saturated carbocycles. The zero-order valence-electron chi connectivity index (χ0n) is 12.9. The van der Waals surface area contributed by atoms with Crippen molar-refractivity contribution in [2.75, 3.05) is 5.32 Å². The first-order valence-corrected chi connectivity index (χ1v) is 7.99. The number of nitrogens with zero attached hydrogens (tertiary/aromatic N) is 1. The molecular formula is C17H10Cl2F3N3O. The van der Waals surface area contributed by atoms with E-state index >= 15 is 0 Å². The first-order valence-electron chi connectivity index (χ1n) is 7.24. The molecule has 1 heterocycles. The minimum atomic E-state index is -4.58. The van der Waals surface area contributed by atoms with Crippen molar-refractivity contribution in [2.45, 2.75) is 6.18 Å². The van der Waals surface area contributed by atoms with Crippen LogP contribution in [0.4, 0.5) is 18.9 Å². The molecule has 2 aromatic carbocycles. The highest BCUT2D eigenvalue weighted by molar-refractivity contribution is 6.42. The van der Waals surface area contributed by atoms with Gasteiger partial charge in [-0.25, -0.2) is 0 Å². The molecule has 134 valence electrons. The third-order valence-corrected chi connectivity index (χ3v) is 4.26. The Morgan fingerprint density at radius 1 is 1.04 bits per heavy atom. The smallest absolute Gasteiger partial charge is 0.320 e. The highest BCUT2D eigenvalue weighted by Crippen LogP contribution is 2.34. The summed E-state index contributed by atoms with van der Waals surface area (Å²) < 4.78 is 39.0. The molecule has 26 heavy (non-hydrogen) atoms. The molecule has 1 aromatic heterocycles. The van der Waals surface area contributed by atoms with Gasteiger partial charge in [0.2, 0.25) is 0 Å². The van der Waals surface area contributed by atoms with E-state index in [2.05, 4.69) is 15.5 Å². The Balaban J connectivity index is 1.84. The van der Waals surface area contributed by atoms with Crippen LogP contribution in [0.3, 0.4) is 0 Å². The van der Waals surface area contributed by atoms with Crippen LogP contribution < -0.4 is 5.32 Å². The average Bonchev–Trinajstić information content (AvgIpc) is 3.07. The van der Waals surface area contributed by atoms with Gasteiger partial charge in [0, 0.05) is 5.56 Å². The summed E-state index contributed by atoms with van der Waals surface area (Å²) in [5.74, 6) is -0.750. The number of alkyl halides is 3. The fourth-order valence-corrected chi connectivity index (χ4v) is 2.57. The Labute approximate surface area is 155 Å². The predicted molar refractivity (Wildman–Crippen MR) is 93.4 cm³/mol. The molecule has 0 aliphatic carbocycles. The van der Waals surface area contributed by atoms with Crippen LogP contribution in [0.2, 0.25) is 10.0 Å². The summed E-state index contributed by atoms with van der Waals surface area (Å²) in [7, 11) is 0. The van der Waals surface area contributed by atoms with Crippen molar-refractivity contribution in [1.82, 2.24) is 10.2 Å². The maximum Gasteiger partial charge on any atom is 0.418 e. The summed E-state index contributed by atoms with van der Waals surface area (Å²) in [6.45, 7) is 0. The SMILES string of the molecule is O=C(Nc1ccccc1C(F)(F)F)c1cc(-c2ccc(Cl)c(Cl)c2)n[nH]1. The van der Waals surface area contributed by atoms with Crippen molar-refractivity contribution < 1.29 is 18.0 Å². The van der Waals surface area contributed by atoms with Gasteiger partial charge in [-0.05, 0) is 30.3 Å². The molecule has 0 radical (unpaired) electrons. The van der Waals surface area contributed by atoms with Gasteiger partial charge in [0.15, 0.2) is 0 Å². The van der Waals surface area contributed by atoms with Crippen LogP contribution in [0.25, 0.3) is 11.3 Å². The highest BCUT2D eigenvalue weighted by Gasteiger charge is 2.33. The van der Waals surface area contributed by atoms with E-state index in [0.717, 1.165) is 6.07 Å². The Morgan fingerprint density at radius 3 is 2.46 bits per heavy atom. The molecule has 0 aliphatic heterocycles. The van der Waals surface area contributed by atoms with Crippen LogP contribution >= 0.6 is 23.2 Å². The maximum atomic E-state index is 13.0. The van der Waals surface area contributed by atoms with Crippen molar-refractivity contribution >= 4 is 34.8 Å². The van der Waals surface area contributed by atoms with Crippen molar-refractivity contribution in [2.24, 2.45) is 0 Å². The summed E-state index contributed by atoms with van der Waals surface area (Å²) >= 11 is 11.8. The van der Waals surface area contributed by atoms with E-state index in [1.54, 1.807) is 18.2 Å². The van der Waals surface area contributed by atoms with E-state index in [4.69, 9.17) is 23.2 Å². The summed E-state index contributed by atoms with van der Waals surface area (Å²) in [6.07, 6.45) is -4.58. The van der Waals surface area contributed by atoms with Crippen LogP contribution in [0.5, 0.6) is 0 Å². The number of hydrogen-bond acceptors (Lipinski definition) is 2. The predicted octanol–water partition coefficient (Wildman–Crippen LogP) is 5.65. The standard InChI is InChI=1S/C17H10Cl2F3N3O/c18-11-6-5-9(7-12(11)19)14-8-15(25-24-14)16(26)23-13-4-2-1-3-10(13)17(20,21)22/h1-8H,(H,23,26)(H,24,25). The minimum Gasteiger partial charge on any atom is -0.320 e. The molecule has 0 saturated heterocycles. The van der Waals surface area contributed by atoms with Gasteiger partial charge >= 0.3 is 6.18 Å². The molecule has 0 bridgehead atoms. The molecule has 0 atom stereocenters. The van der Waals surface area contributed by atoms with Crippen LogP contribution in [-0.2, 0) is 6.18 Å². The van der Waals surface area contributed by atoms with E-state index in [-0.39, 0.29) is 11.4 Å². The number of carbonyl (C=O) groups excluding carboxylic acids is 1. The largest absolute Gasteiger partial charge is 0.418 e. The minimum absolute atomic E-state index is 0.00282. The van der Waals surface area contributed by atoms with Gasteiger partial charge in [0.25, 0.3) is 5.91 Å².